The van der Waals surface area contributed by atoms with Crippen molar-refractivity contribution in [2.45, 2.75) is 19.6 Å². The second-order valence-corrected chi connectivity index (χ2v) is 4.36. The molecule has 0 fully saturated rings. The van der Waals surface area contributed by atoms with Gasteiger partial charge >= 0.3 is 12.1 Å². The van der Waals surface area contributed by atoms with Crippen LogP contribution in [0, 0.1) is 6.92 Å². The van der Waals surface area contributed by atoms with Crippen LogP contribution in [0.5, 0.6) is 0 Å². The second kappa shape index (κ2) is 4.66. The zero-order valence-corrected chi connectivity index (χ0v) is 10.4. The fourth-order valence-electron chi connectivity index (χ4n) is 2.02. The maximum Gasteiger partial charge on any atom is 0.416 e. The predicted molar refractivity (Wildman–Crippen MR) is 65.6 cm³/mol. The Bertz CT molecular complexity index is 747. The van der Waals surface area contributed by atoms with Gasteiger partial charge in [0.2, 0.25) is 0 Å². The summed E-state index contributed by atoms with van der Waals surface area (Å²) in [7, 11) is 0. The molecular formula is C13H10F3NO3. The lowest BCUT2D eigenvalue weighted by atomic mass is 10.1. The maximum absolute atomic E-state index is 12.7. The quantitative estimate of drug-likeness (QED) is 0.921. The number of aromatic nitrogens is 1. The van der Waals surface area contributed by atoms with Gasteiger partial charge in [-0.15, -0.1) is 0 Å². The van der Waals surface area contributed by atoms with Crippen LogP contribution in [-0.2, 0) is 17.5 Å². The van der Waals surface area contributed by atoms with Gasteiger partial charge in [-0.05, 0) is 25.1 Å². The molecule has 7 heteroatoms. The van der Waals surface area contributed by atoms with E-state index in [1.807, 2.05) is 0 Å². The Morgan fingerprint density at radius 2 is 1.95 bits per heavy atom. The van der Waals surface area contributed by atoms with Crippen molar-refractivity contribution in [1.29, 1.82) is 0 Å². The molecule has 106 valence electrons. The maximum atomic E-state index is 12.7. The van der Waals surface area contributed by atoms with Crippen molar-refractivity contribution >= 4 is 16.9 Å². The lowest BCUT2D eigenvalue weighted by Crippen LogP contribution is -2.17. The number of alkyl halides is 3. The molecule has 0 unspecified atom stereocenters. The highest BCUT2D eigenvalue weighted by Gasteiger charge is 2.31. The first kappa shape index (κ1) is 14.1. The third-order valence-electron chi connectivity index (χ3n) is 2.94. The highest BCUT2D eigenvalue weighted by molar-refractivity contribution is 5.81. The molecule has 1 heterocycles. The Morgan fingerprint density at radius 3 is 2.50 bits per heavy atom. The van der Waals surface area contributed by atoms with Crippen LogP contribution in [0.15, 0.2) is 29.1 Å². The van der Waals surface area contributed by atoms with Gasteiger partial charge in [-0.2, -0.15) is 13.2 Å². The molecule has 20 heavy (non-hydrogen) atoms. The summed E-state index contributed by atoms with van der Waals surface area (Å²) in [4.78, 5) is 22.6. The van der Waals surface area contributed by atoms with E-state index in [1.54, 1.807) is 0 Å². The third-order valence-corrected chi connectivity index (χ3v) is 2.94. The van der Waals surface area contributed by atoms with Crippen LogP contribution >= 0.6 is 0 Å². The summed E-state index contributed by atoms with van der Waals surface area (Å²) in [6, 6.07) is 3.88. The van der Waals surface area contributed by atoms with E-state index in [0.717, 1.165) is 18.2 Å². The van der Waals surface area contributed by atoms with Crippen molar-refractivity contribution < 1.29 is 23.1 Å². The molecule has 0 saturated heterocycles. The Morgan fingerprint density at radius 1 is 1.30 bits per heavy atom. The molecular weight excluding hydrogens is 275 g/mol. The van der Waals surface area contributed by atoms with E-state index in [1.165, 1.54) is 17.6 Å². The predicted octanol–water partition coefficient (Wildman–Crippen LogP) is 2.41. The number of carbonyl (C=O) groups is 1. The molecule has 1 aromatic carbocycles. The molecule has 4 nitrogen and oxygen atoms in total. The lowest BCUT2D eigenvalue weighted by molar-refractivity contribution is -0.138. The summed E-state index contributed by atoms with van der Waals surface area (Å²) in [6.07, 6.45) is -4.55. The number of rotatable bonds is 2. The molecule has 0 atom stereocenters. The van der Waals surface area contributed by atoms with Gasteiger partial charge in [0.25, 0.3) is 0 Å². The zero-order chi connectivity index (χ0) is 15.1. The average Bonchev–Trinajstić information content (AvgIpc) is 2.32. The fraction of sp³-hybridized carbons (Fsp3) is 0.231. The Balaban J connectivity index is 2.82. The van der Waals surface area contributed by atoms with Crippen LogP contribution < -0.4 is 5.43 Å². The van der Waals surface area contributed by atoms with E-state index < -0.39 is 29.7 Å². The largest absolute Gasteiger partial charge is 0.480 e. The zero-order valence-electron chi connectivity index (χ0n) is 10.4. The first-order valence-corrected chi connectivity index (χ1v) is 5.63. The molecule has 1 N–H and O–H groups in total. The molecule has 0 aliphatic heterocycles. The topological polar surface area (TPSA) is 59.3 Å². The SMILES string of the molecule is Cc1cc(=O)c2ccc(C(F)(F)F)cc2n1CC(=O)O. The number of fused-ring (bicyclic) bond motifs is 1. The van der Waals surface area contributed by atoms with Gasteiger partial charge < -0.3 is 9.67 Å². The normalized spacial score (nSPS) is 11.8. The number of nitrogens with zero attached hydrogens (tertiary/aromatic N) is 1. The summed E-state index contributed by atoms with van der Waals surface area (Å²) in [5, 5.41) is 8.89. The highest BCUT2D eigenvalue weighted by Crippen LogP contribution is 2.31. The van der Waals surface area contributed by atoms with Crippen LogP contribution in [0.3, 0.4) is 0 Å². The fourth-order valence-corrected chi connectivity index (χ4v) is 2.02. The minimum Gasteiger partial charge on any atom is -0.480 e. The number of hydrogen-bond donors (Lipinski definition) is 1. The first-order chi connectivity index (χ1) is 9.20. The third kappa shape index (κ3) is 2.52. The molecule has 1 aromatic heterocycles. The van der Waals surface area contributed by atoms with Crippen LogP contribution in [0.1, 0.15) is 11.3 Å². The number of halogens is 3. The number of benzene rings is 1. The Hall–Kier alpha value is -2.31. The smallest absolute Gasteiger partial charge is 0.416 e. The monoisotopic (exact) mass is 285 g/mol. The average molecular weight is 285 g/mol. The van der Waals surface area contributed by atoms with Crippen molar-refractivity contribution in [3.63, 3.8) is 0 Å². The Kier molecular flexibility index (Phi) is 3.29. The van der Waals surface area contributed by atoms with E-state index in [0.29, 0.717) is 5.69 Å². The van der Waals surface area contributed by atoms with E-state index in [2.05, 4.69) is 0 Å². The van der Waals surface area contributed by atoms with Crippen LogP contribution in [-0.4, -0.2) is 15.6 Å². The molecule has 0 saturated carbocycles. The second-order valence-electron chi connectivity index (χ2n) is 4.36. The molecule has 0 aliphatic carbocycles. The van der Waals surface area contributed by atoms with Gasteiger partial charge in [-0.3, -0.25) is 9.59 Å². The van der Waals surface area contributed by atoms with Crippen molar-refractivity contribution in [3.8, 4) is 0 Å². The highest BCUT2D eigenvalue weighted by atomic mass is 19.4. The van der Waals surface area contributed by atoms with E-state index in [-0.39, 0.29) is 10.9 Å². The van der Waals surface area contributed by atoms with Gasteiger partial charge in [-0.25, -0.2) is 0 Å². The number of carboxylic acid groups (broad SMARTS) is 1. The molecule has 0 spiro atoms. The molecule has 0 aliphatic rings. The van der Waals surface area contributed by atoms with Gasteiger partial charge in [0.1, 0.15) is 6.54 Å². The Labute approximate surface area is 111 Å². The number of aliphatic carboxylic acids is 1. The van der Waals surface area contributed by atoms with Gasteiger partial charge in [-0.1, -0.05) is 0 Å². The van der Waals surface area contributed by atoms with E-state index in [9.17, 15) is 22.8 Å². The summed E-state index contributed by atoms with van der Waals surface area (Å²) in [5.74, 6) is -1.20. The summed E-state index contributed by atoms with van der Waals surface area (Å²) < 4.78 is 39.3. The van der Waals surface area contributed by atoms with Crippen molar-refractivity contribution in [2.24, 2.45) is 0 Å². The van der Waals surface area contributed by atoms with Crippen molar-refractivity contribution in [1.82, 2.24) is 4.57 Å². The standard InChI is InChI=1S/C13H10F3NO3/c1-7-4-11(18)9-3-2-8(13(14,15)16)5-10(9)17(7)6-12(19)20/h2-5H,6H2,1H3,(H,19,20). The van der Waals surface area contributed by atoms with E-state index in [4.69, 9.17) is 5.11 Å². The number of aryl methyl sites for hydroxylation is 1. The van der Waals surface area contributed by atoms with Gasteiger partial charge in [0.15, 0.2) is 5.43 Å². The first-order valence-electron chi connectivity index (χ1n) is 5.63. The molecule has 2 rings (SSSR count). The molecule has 0 bridgehead atoms. The summed E-state index contributed by atoms with van der Waals surface area (Å²) in [5.41, 5.74) is -1.10. The van der Waals surface area contributed by atoms with E-state index >= 15 is 0 Å². The minimum absolute atomic E-state index is 0.0350. The molecule has 0 radical (unpaired) electrons. The summed E-state index contributed by atoms with van der Waals surface area (Å²) >= 11 is 0. The van der Waals surface area contributed by atoms with Crippen molar-refractivity contribution in [3.05, 3.63) is 45.7 Å². The van der Waals surface area contributed by atoms with Crippen molar-refractivity contribution in [2.75, 3.05) is 0 Å². The lowest BCUT2D eigenvalue weighted by Gasteiger charge is -2.14. The molecule has 2 aromatic rings. The number of pyridine rings is 1. The number of carboxylic acids is 1. The van der Waals surface area contributed by atoms with Crippen LogP contribution in [0.25, 0.3) is 10.9 Å². The minimum atomic E-state index is -4.55. The van der Waals surface area contributed by atoms with Gasteiger partial charge in [0, 0.05) is 17.1 Å². The van der Waals surface area contributed by atoms with Gasteiger partial charge in [0.05, 0.1) is 11.1 Å². The van der Waals surface area contributed by atoms with Crippen LogP contribution in [0.4, 0.5) is 13.2 Å². The summed E-state index contributed by atoms with van der Waals surface area (Å²) in [6.45, 7) is 0.966. The van der Waals surface area contributed by atoms with Crippen LogP contribution in [0.2, 0.25) is 0 Å². The molecule has 0 amide bonds. The number of hydrogen-bond acceptors (Lipinski definition) is 2.